The van der Waals surface area contributed by atoms with Crippen molar-refractivity contribution in [2.24, 2.45) is 11.8 Å². The Morgan fingerprint density at radius 2 is 1.64 bits per heavy atom. The number of nitrogens with zero attached hydrogens (tertiary/aromatic N) is 3. The van der Waals surface area contributed by atoms with Gasteiger partial charge in [-0.05, 0) is 12.1 Å². The average molecular weight is 383 g/mol. The van der Waals surface area contributed by atoms with Gasteiger partial charge in [-0.1, -0.05) is 18.2 Å². The third-order valence-corrected chi connectivity index (χ3v) is 5.18. The quantitative estimate of drug-likeness (QED) is 0.570. The highest BCUT2D eigenvalue weighted by Gasteiger charge is 2.52. The number of rotatable bonds is 3. The van der Waals surface area contributed by atoms with Crippen LogP contribution in [-0.2, 0) is 32.0 Å². The minimum atomic E-state index is -0.781. The first kappa shape index (κ1) is 17.9. The van der Waals surface area contributed by atoms with Crippen molar-refractivity contribution in [3.63, 3.8) is 0 Å². The van der Waals surface area contributed by atoms with Gasteiger partial charge in [0.1, 0.15) is 5.56 Å². The molecule has 2 aromatic rings. The summed E-state index contributed by atoms with van der Waals surface area (Å²) in [5, 5.41) is 4.17. The largest absolute Gasteiger partial charge is 0.465 e. The Bertz CT molecular complexity index is 997. The minimum absolute atomic E-state index is 0.0220. The minimum Gasteiger partial charge on any atom is -0.465 e. The number of imide groups is 1. The van der Waals surface area contributed by atoms with Crippen molar-refractivity contribution in [3.8, 4) is 0 Å². The summed E-state index contributed by atoms with van der Waals surface area (Å²) in [7, 11) is 2.38. The molecule has 144 valence electrons. The molecule has 0 bridgehead atoms. The average Bonchev–Trinajstić information content (AvgIpc) is 3.21. The Balaban J connectivity index is 1.75. The molecule has 2 aliphatic heterocycles. The molecule has 2 unspecified atom stereocenters. The Labute approximate surface area is 159 Å². The standard InChI is InChI=1S/C19H17N3O6/c1-27-18(25)14-13-8-11-12(9-21(13)20-15(14)19(26)28-2)17(24)22(16(11)23)10-6-4-3-5-7-10/h3-7,11-12H,8-9H2,1-2H3. The van der Waals surface area contributed by atoms with E-state index in [0.717, 1.165) is 0 Å². The van der Waals surface area contributed by atoms with Crippen molar-refractivity contribution in [2.75, 3.05) is 19.1 Å². The molecule has 1 aromatic heterocycles. The maximum atomic E-state index is 13.0. The van der Waals surface area contributed by atoms with Crippen LogP contribution < -0.4 is 4.90 Å². The number of carbonyl (C=O) groups is 4. The van der Waals surface area contributed by atoms with Crippen molar-refractivity contribution >= 4 is 29.4 Å². The van der Waals surface area contributed by atoms with E-state index in [2.05, 4.69) is 5.10 Å². The topological polar surface area (TPSA) is 108 Å². The van der Waals surface area contributed by atoms with E-state index in [1.807, 2.05) is 0 Å². The Morgan fingerprint density at radius 1 is 1.00 bits per heavy atom. The smallest absolute Gasteiger partial charge is 0.359 e. The van der Waals surface area contributed by atoms with Gasteiger partial charge in [-0.25, -0.2) is 14.5 Å². The normalized spacial score (nSPS) is 20.6. The number of methoxy groups -OCH3 is 2. The highest BCUT2D eigenvalue weighted by molar-refractivity contribution is 6.22. The van der Waals surface area contributed by atoms with E-state index in [9.17, 15) is 19.2 Å². The molecule has 2 amide bonds. The number of para-hydroxylation sites is 1. The van der Waals surface area contributed by atoms with E-state index >= 15 is 0 Å². The predicted octanol–water partition coefficient (Wildman–Crippen LogP) is 0.818. The molecule has 1 saturated heterocycles. The molecule has 4 rings (SSSR count). The second-order valence-corrected chi connectivity index (χ2v) is 6.60. The summed E-state index contributed by atoms with van der Waals surface area (Å²) in [5.41, 5.74) is 0.702. The molecule has 0 N–H and O–H groups in total. The van der Waals surface area contributed by atoms with Crippen LogP contribution in [0.15, 0.2) is 30.3 Å². The predicted molar refractivity (Wildman–Crippen MR) is 94.5 cm³/mol. The molecule has 9 heteroatoms. The van der Waals surface area contributed by atoms with Crippen molar-refractivity contribution in [3.05, 3.63) is 47.3 Å². The van der Waals surface area contributed by atoms with Gasteiger partial charge in [0.05, 0.1) is 44.0 Å². The number of aromatic nitrogens is 2. The van der Waals surface area contributed by atoms with Gasteiger partial charge >= 0.3 is 11.9 Å². The fourth-order valence-electron chi connectivity index (χ4n) is 3.86. The van der Waals surface area contributed by atoms with Crippen LogP contribution in [0.1, 0.15) is 26.5 Å². The van der Waals surface area contributed by atoms with Crippen LogP contribution in [0, 0.1) is 11.8 Å². The van der Waals surface area contributed by atoms with Gasteiger partial charge in [0.2, 0.25) is 11.8 Å². The molecule has 0 spiro atoms. The Hall–Kier alpha value is -3.49. The van der Waals surface area contributed by atoms with E-state index < -0.39 is 23.8 Å². The van der Waals surface area contributed by atoms with E-state index in [1.165, 1.54) is 23.8 Å². The molecule has 9 nitrogen and oxygen atoms in total. The van der Waals surface area contributed by atoms with E-state index in [-0.39, 0.29) is 36.0 Å². The van der Waals surface area contributed by atoms with Crippen LogP contribution in [0.2, 0.25) is 0 Å². The Morgan fingerprint density at radius 3 is 2.29 bits per heavy atom. The highest BCUT2D eigenvalue weighted by atomic mass is 16.5. The monoisotopic (exact) mass is 383 g/mol. The number of hydrogen-bond acceptors (Lipinski definition) is 7. The number of anilines is 1. The van der Waals surface area contributed by atoms with Gasteiger partial charge < -0.3 is 9.47 Å². The second-order valence-electron chi connectivity index (χ2n) is 6.60. The molecule has 2 aliphatic rings. The molecule has 2 atom stereocenters. The lowest BCUT2D eigenvalue weighted by Gasteiger charge is -2.23. The molecular formula is C19H17N3O6. The summed E-state index contributed by atoms with van der Waals surface area (Å²) in [6, 6.07) is 8.69. The first-order valence-corrected chi connectivity index (χ1v) is 8.67. The van der Waals surface area contributed by atoms with Crippen LogP contribution in [-0.4, -0.2) is 47.8 Å². The summed E-state index contributed by atoms with van der Waals surface area (Å²) in [5.74, 6) is -3.42. The lowest BCUT2D eigenvalue weighted by molar-refractivity contribution is -0.122. The zero-order chi connectivity index (χ0) is 20.0. The summed E-state index contributed by atoms with van der Waals surface area (Å²) < 4.78 is 10.9. The number of esters is 2. The van der Waals surface area contributed by atoms with Crippen molar-refractivity contribution in [1.29, 1.82) is 0 Å². The SMILES string of the molecule is COC(=O)c1nn2c(c1C(=O)OC)CC1C(=O)N(c3ccccc3)C(=O)C1C2. The fourth-order valence-corrected chi connectivity index (χ4v) is 3.86. The van der Waals surface area contributed by atoms with Crippen molar-refractivity contribution in [2.45, 2.75) is 13.0 Å². The van der Waals surface area contributed by atoms with Crippen LogP contribution >= 0.6 is 0 Å². The van der Waals surface area contributed by atoms with Crippen molar-refractivity contribution < 1.29 is 28.7 Å². The van der Waals surface area contributed by atoms with Gasteiger partial charge in [-0.2, -0.15) is 5.10 Å². The van der Waals surface area contributed by atoms with Crippen LogP contribution in [0.5, 0.6) is 0 Å². The van der Waals surface area contributed by atoms with E-state index in [0.29, 0.717) is 11.4 Å². The third-order valence-electron chi connectivity index (χ3n) is 5.18. The first-order valence-electron chi connectivity index (χ1n) is 8.67. The number of fused-ring (bicyclic) bond motifs is 2. The highest BCUT2D eigenvalue weighted by Crippen LogP contribution is 2.38. The molecule has 3 heterocycles. The summed E-state index contributed by atoms with van der Waals surface area (Å²) >= 11 is 0. The molecule has 1 aromatic carbocycles. The zero-order valence-electron chi connectivity index (χ0n) is 15.2. The molecular weight excluding hydrogens is 366 g/mol. The summed E-state index contributed by atoms with van der Waals surface area (Å²) in [6.45, 7) is 0.0922. The maximum absolute atomic E-state index is 13.0. The number of ether oxygens (including phenoxy) is 2. The number of amides is 2. The second kappa shape index (κ2) is 6.59. The zero-order valence-corrected chi connectivity index (χ0v) is 15.2. The van der Waals surface area contributed by atoms with Gasteiger partial charge in [0.25, 0.3) is 0 Å². The third kappa shape index (κ3) is 2.50. The lowest BCUT2D eigenvalue weighted by atomic mass is 9.86. The molecule has 0 radical (unpaired) electrons. The van der Waals surface area contributed by atoms with E-state index in [4.69, 9.17) is 9.47 Å². The van der Waals surface area contributed by atoms with E-state index in [1.54, 1.807) is 30.3 Å². The molecule has 0 aliphatic carbocycles. The van der Waals surface area contributed by atoms with Gasteiger partial charge in [0, 0.05) is 6.42 Å². The van der Waals surface area contributed by atoms with Crippen LogP contribution in [0.25, 0.3) is 0 Å². The van der Waals surface area contributed by atoms with Crippen LogP contribution in [0.4, 0.5) is 5.69 Å². The van der Waals surface area contributed by atoms with Gasteiger partial charge in [-0.15, -0.1) is 0 Å². The summed E-state index contributed by atoms with van der Waals surface area (Å²) in [4.78, 5) is 51.4. The Kier molecular flexibility index (Phi) is 4.21. The lowest BCUT2D eigenvalue weighted by Crippen LogP contribution is -2.32. The van der Waals surface area contributed by atoms with Crippen LogP contribution in [0.3, 0.4) is 0 Å². The van der Waals surface area contributed by atoms with Gasteiger partial charge in [-0.3, -0.25) is 14.3 Å². The number of benzene rings is 1. The number of hydrogen-bond donors (Lipinski definition) is 0. The fraction of sp³-hybridized carbons (Fsp3) is 0.316. The maximum Gasteiger partial charge on any atom is 0.359 e. The summed E-state index contributed by atoms with van der Waals surface area (Å²) in [6.07, 6.45) is 0.104. The van der Waals surface area contributed by atoms with Gasteiger partial charge in [0.15, 0.2) is 5.69 Å². The molecule has 1 fully saturated rings. The molecule has 0 saturated carbocycles. The first-order chi connectivity index (χ1) is 13.5. The number of carbonyl (C=O) groups excluding carboxylic acids is 4. The van der Waals surface area contributed by atoms with Crippen molar-refractivity contribution in [1.82, 2.24) is 9.78 Å². The molecule has 28 heavy (non-hydrogen) atoms.